The lowest BCUT2D eigenvalue weighted by Gasteiger charge is -2.25. The normalized spacial score (nSPS) is 15.6. The summed E-state index contributed by atoms with van der Waals surface area (Å²) in [6, 6.07) is 17.5. The van der Waals surface area contributed by atoms with Crippen molar-refractivity contribution in [3.05, 3.63) is 81.8 Å². The molecule has 6 nitrogen and oxygen atoms in total. The number of anilines is 1. The molecule has 1 atom stereocenters. The molecule has 1 aromatic heterocycles. The molecule has 0 saturated carbocycles. The molecule has 6 heteroatoms. The van der Waals surface area contributed by atoms with E-state index in [0.717, 1.165) is 24.9 Å². The van der Waals surface area contributed by atoms with Crippen LogP contribution < -0.4 is 16.2 Å². The summed E-state index contributed by atoms with van der Waals surface area (Å²) in [5, 5.41) is 5.73. The molecule has 0 radical (unpaired) electrons. The zero-order chi connectivity index (χ0) is 20.4. The number of rotatable bonds is 4. The number of para-hydroxylation sites is 1. The maximum absolute atomic E-state index is 12.9. The topological polar surface area (TPSA) is 68.1 Å². The highest BCUT2D eigenvalue weighted by Crippen LogP contribution is 2.30. The number of benzene rings is 2. The second-order valence-corrected chi connectivity index (χ2v) is 7.56. The van der Waals surface area contributed by atoms with Crippen molar-refractivity contribution in [1.82, 2.24) is 14.7 Å². The summed E-state index contributed by atoms with van der Waals surface area (Å²) in [6.07, 6.45) is 3.29. The number of aromatic nitrogens is 2. The Morgan fingerprint density at radius 2 is 1.83 bits per heavy atom. The van der Waals surface area contributed by atoms with E-state index in [1.165, 1.54) is 11.1 Å². The summed E-state index contributed by atoms with van der Waals surface area (Å²) in [4.78, 5) is 25.5. The number of hydrogen-bond donors (Lipinski definition) is 2. The molecule has 0 spiro atoms. The fraction of sp³-hybridized carbons (Fsp3) is 0.304. The van der Waals surface area contributed by atoms with Crippen LogP contribution in [0.15, 0.2) is 59.4 Å². The van der Waals surface area contributed by atoms with E-state index >= 15 is 0 Å². The van der Waals surface area contributed by atoms with Gasteiger partial charge in [0.15, 0.2) is 0 Å². The third-order valence-electron chi connectivity index (χ3n) is 5.80. The first-order valence-electron chi connectivity index (χ1n) is 10.0. The van der Waals surface area contributed by atoms with Gasteiger partial charge in [0.2, 0.25) is 0 Å². The van der Waals surface area contributed by atoms with Gasteiger partial charge in [0, 0.05) is 19.5 Å². The summed E-state index contributed by atoms with van der Waals surface area (Å²) in [6.45, 7) is 2.38. The number of urea groups is 1. The van der Waals surface area contributed by atoms with Crippen molar-refractivity contribution in [1.29, 1.82) is 0 Å². The van der Waals surface area contributed by atoms with E-state index in [2.05, 4.69) is 34.9 Å². The van der Waals surface area contributed by atoms with Crippen LogP contribution in [0.5, 0.6) is 0 Å². The molecule has 1 heterocycles. The smallest absolute Gasteiger partial charge is 0.319 e. The van der Waals surface area contributed by atoms with E-state index in [1.54, 1.807) is 9.36 Å². The minimum atomic E-state index is -0.348. The van der Waals surface area contributed by atoms with Crippen LogP contribution in [-0.4, -0.2) is 21.9 Å². The molecule has 1 aliphatic rings. The molecule has 0 saturated heterocycles. The molecular formula is C23H26N4O2. The molecule has 29 heavy (non-hydrogen) atoms. The number of nitrogens with one attached hydrogen (secondary N) is 2. The Labute approximate surface area is 170 Å². The van der Waals surface area contributed by atoms with E-state index < -0.39 is 0 Å². The van der Waals surface area contributed by atoms with Crippen LogP contribution in [0, 0.1) is 6.92 Å². The predicted octanol–water partition coefficient (Wildman–Crippen LogP) is 3.73. The largest absolute Gasteiger partial charge is 0.337 e. The van der Waals surface area contributed by atoms with Crippen LogP contribution in [0.1, 0.15) is 35.6 Å². The number of carbonyl (C=O) groups is 1. The highest BCUT2D eigenvalue weighted by molar-refractivity contribution is 5.89. The lowest BCUT2D eigenvalue weighted by molar-refractivity contribution is 0.251. The van der Waals surface area contributed by atoms with E-state index in [0.29, 0.717) is 23.8 Å². The second kappa shape index (κ2) is 7.99. The second-order valence-electron chi connectivity index (χ2n) is 7.56. The van der Waals surface area contributed by atoms with Crippen molar-refractivity contribution in [2.24, 2.45) is 7.05 Å². The van der Waals surface area contributed by atoms with Gasteiger partial charge in [0.1, 0.15) is 5.69 Å². The number of aryl methyl sites for hydroxylation is 1. The van der Waals surface area contributed by atoms with Crippen molar-refractivity contribution in [2.45, 2.75) is 32.1 Å². The zero-order valence-electron chi connectivity index (χ0n) is 16.8. The molecular weight excluding hydrogens is 364 g/mol. The number of hydrogen-bond acceptors (Lipinski definition) is 2. The third kappa shape index (κ3) is 3.70. The Kier molecular flexibility index (Phi) is 5.25. The highest BCUT2D eigenvalue weighted by atomic mass is 16.2. The molecule has 0 fully saturated rings. The van der Waals surface area contributed by atoms with E-state index in [-0.39, 0.29) is 11.6 Å². The van der Waals surface area contributed by atoms with Gasteiger partial charge in [-0.15, -0.1) is 0 Å². The Bertz CT molecular complexity index is 1080. The monoisotopic (exact) mass is 390 g/mol. The van der Waals surface area contributed by atoms with Crippen molar-refractivity contribution in [3.63, 3.8) is 0 Å². The van der Waals surface area contributed by atoms with Crippen LogP contribution in [-0.2, 0) is 13.5 Å². The van der Waals surface area contributed by atoms with Crippen LogP contribution in [0.2, 0.25) is 0 Å². The Morgan fingerprint density at radius 3 is 2.62 bits per heavy atom. The fourth-order valence-corrected chi connectivity index (χ4v) is 4.15. The van der Waals surface area contributed by atoms with E-state index in [4.69, 9.17) is 0 Å². The molecule has 150 valence electrons. The molecule has 4 rings (SSSR count). The van der Waals surface area contributed by atoms with Crippen molar-refractivity contribution < 1.29 is 4.79 Å². The predicted molar refractivity (Wildman–Crippen MR) is 115 cm³/mol. The van der Waals surface area contributed by atoms with Crippen molar-refractivity contribution >= 4 is 11.7 Å². The van der Waals surface area contributed by atoms with Gasteiger partial charge in [-0.2, -0.15) is 0 Å². The first-order chi connectivity index (χ1) is 14.1. The van der Waals surface area contributed by atoms with Crippen molar-refractivity contribution in [2.75, 3.05) is 11.9 Å². The maximum atomic E-state index is 12.9. The summed E-state index contributed by atoms with van der Waals surface area (Å²) in [5.41, 5.74) is 4.22. The fourth-order valence-electron chi connectivity index (χ4n) is 4.15. The minimum Gasteiger partial charge on any atom is -0.337 e. The van der Waals surface area contributed by atoms with E-state index in [1.807, 2.05) is 44.3 Å². The van der Waals surface area contributed by atoms with Gasteiger partial charge in [-0.3, -0.25) is 9.48 Å². The van der Waals surface area contributed by atoms with Gasteiger partial charge in [-0.25, -0.2) is 9.48 Å². The van der Waals surface area contributed by atoms with Gasteiger partial charge in [-0.1, -0.05) is 42.5 Å². The van der Waals surface area contributed by atoms with Gasteiger partial charge in [-0.05, 0) is 49.4 Å². The molecule has 3 aromatic rings. The van der Waals surface area contributed by atoms with Crippen LogP contribution in [0.4, 0.5) is 10.5 Å². The quantitative estimate of drug-likeness (QED) is 0.713. The first kappa shape index (κ1) is 19.1. The third-order valence-corrected chi connectivity index (χ3v) is 5.80. The molecule has 0 unspecified atom stereocenters. The van der Waals surface area contributed by atoms with Gasteiger partial charge >= 0.3 is 6.03 Å². The number of nitrogens with zero attached hydrogens (tertiary/aromatic N) is 2. The molecule has 2 amide bonds. The summed E-state index contributed by atoms with van der Waals surface area (Å²) in [5.74, 6) is 0.309. The Morgan fingerprint density at radius 1 is 1.10 bits per heavy atom. The van der Waals surface area contributed by atoms with Crippen molar-refractivity contribution in [3.8, 4) is 5.69 Å². The summed E-state index contributed by atoms with van der Waals surface area (Å²) in [7, 11) is 1.81. The number of carbonyl (C=O) groups excluding carboxylic acids is 1. The summed E-state index contributed by atoms with van der Waals surface area (Å²) < 4.78 is 3.31. The molecule has 0 aliphatic heterocycles. The molecule has 2 aromatic carbocycles. The molecule has 0 bridgehead atoms. The highest BCUT2D eigenvalue weighted by Gasteiger charge is 2.22. The van der Waals surface area contributed by atoms with E-state index in [9.17, 15) is 9.59 Å². The molecule has 2 N–H and O–H groups in total. The van der Waals surface area contributed by atoms with Crippen LogP contribution in [0.3, 0.4) is 0 Å². The lowest BCUT2D eigenvalue weighted by Crippen LogP contribution is -2.35. The maximum Gasteiger partial charge on any atom is 0.319 e. The van der Waals surface area contributed by atoms with Gasteiger partial charge in [0.25, 0.3) is 5.56 Å². The zero-order valence-corrected chi connectivity index (χ0v) is 16.8. The Hall–Kier alpha value is -3.28. The van der Waals surface area contributed by atoms with Crippen LogP contribution in [0.25, 0.3) is 5.69 Å². The standard InChI is InChI=1S/C23H26N4O2/c1-16-21(22(28)27(26(16)2)19-12-4-3-5-13-19)25-23(29)24-15-18-11-8-10-17-9-6-7-14-20(17)18/h3-7,9,12-14,18H,8,10-11,15H2,1-2H3,(H2,24,25,29)/t18-/m1/s1. The average Bonchev–Trinajstić information content (AvgIpc) is 2.96. The van der Waals surface area contributed by atoms with Gasteiger partial charge in [0.05, 0.1) is 11.4 Å². The van der Waals surface area contributed by atoms with Crippen LogP contribution >= 0.6 is 0 Å². The average molecular weight is 390 g/mol. The molecule has 1 aliphatic carbocycles. The van der Waals surface area contributed by atoms with Gasteiger partial charge < -0.3 is 10.6 Å². The lowest BCUT2D eigenvalue weighted by atomic mass is 9.83. The SMILES string of the molecule is Cc1c(NC(=O)NC[C@H]2CCCc3ccccc32)c(=O)n(-c2ccccc2)n1C. The summed E-state index contributed by atoms with van der Waals surface area (Å²) >= 11 is 0. The first-order valence-corrected chi connectivity index (χ1v) is 10.0. The minimum absolute atomic E-state index is 0.241. The number of fused-ring (bicyclic) bond motifs is 1. The number of amides is 2. The Balaban J connectivity index is 1.48.